The molecular formula is C12H16N2O5. The van der Waals surface area contributed by atoms with Crippen molar-refractivity contribution in [3.8, 4) is 0 Å². The van der Waals surface area contributed by atoms with Crippen LogP contribution in [0.15, 0.2) is 21.9 Å². The van der Waals surface area contributed by atoms with Gasteiger partial charge in [0.15, 0.2) is 12.0 Å². The van der Waals surface area contributed by atoms with Crippen LogP contribution in [-0.4, -0.2) is 33.7 Å². The van der Waals surface area contributed by atoms with Gasteiger partial charge in [0.2, 0.25) is 0 Å². The normalized spacial score (nSPS) is 37.1. The lowest BCUT2D eigenvalue weighted by Crippen LogP contribution is -2.37. The third-order valence-corrected chi connectivity index (χ3v) is 3.25. The minimum atomic E-state index is -0.781. The van der Waals surface area contributed by atoms with Gasteiger partial charge in [0.25, 0.3) is 5.56 Å². The van der Waals surface area contributed by atoms with Crippen LogP contribution >= 0.6 is 0 Å². The summed E-state index contributed by atoms with van der Waals surface area (Å²) in [6.07, 6.45) is -0.688. The predicted octanol–water partition coefficient (Wildman–Crippen LogP) is -0.0260. The summed E-state index contributed by atoms with van der Waals surface area (Å²) in [7, 11) is 0. The fraction of sp³-hybridized carbons (Fsp3) is 0.667. The molecule has 1 aromatic heterocycles. The fourth-order valence-corrected chi connectivity index (χ4v) is 2.51. The molecule has 1 unspecified atom stereocenters. The molecule has 0 radical (unpaired) electrons. The second-order valence-corrected chi connectivity index (χ2v) is 5.15. The van der Waals surface area contributed by atoms with Crippen LogP contribution in [0.3, 0.4) is 0 Å². The Kier molecular flexibility index (Phi) is 2.41. The molecule has 2 aliphatic heterocycles. The maximum absolute atomic E-state index is 11.9. The lowest BCUT2D eigenvalue weighted by atomic mass is 10.1. The molecule has 7 nitrogen and oxygen atoms in total. The maximum Gasteiger partial charge on any atom is 0.330 e. The molecule has 3 heterocycles. The lowest BCUT2D eigenvalue weighted by molar-refractivity contribution is -0.195. The zero-order valence-corrected chi connectivity index (χ0v) is 10.7. The molecule has 0 aromatic carbocycles. The van der Waals surface area contributed by atoms with Crippen molar-refractivity contribution in [1.82, 2.24) is 9.55 Å². The average molecular weight is 270 g/mol. The summed E-state index contributed by atoms with van der Waals surface area (Å²) in [5, 5.41) is 0. The van der Waals surface area contributed by atoms with E-state index in [1.807, 2.05) is 0 Å². The van der Waals surface area contributed by atoms with Gasteiger partial charge in [0.05, 0.1) is 6.10 Å². The number of nitrogens with zero attached hydrogens (tertiary/aromatic N) is 1. The van der Waals surface area contributed by atoms with Crippen molar-refractivity contribution < 1.29 is 15.6 Å². The fourth-order valence-electron chi connectivity index (χ4n) is 2.51. The molecule has 2 aliphatic rings. The van der Waals surface area contributed by atoms with E-state index in [9.17, 15) is 9.59 Å². The minimum absolute atomic E-state index is 0.00914. The summed E-state index contributed by atoms with van der Waals surface area (Å²) in [5.41, 5.74) is -1.04. The van der Waals surface area contributed by atoms with Crippen LogP contribution in [0.2, 0.25) is 0 Å². The number of hydrogen-bond donors (Lipinski definition) is 1. The maximum atomic E-state index is 11.9. The second kappa shape index (κ2) is 4.03. The predicted molar refractivity (Wildman–Crippen MR) is 64.7 cm³/mol. The largest absolute Gasteiger partial charge is 0.349 e. The van der Waals surface area contributed by atoms with E-state index in [0.717, 1.165) is 0 Å². The quantitative estimate of drug-likeness (QED) is 0.775. The van der Waals surface area contributed by atoms with Gasteiger partial charge in [-0.15, -0.1) is 0 Å². The molecule has 19 heavy (non-hydrogen) atoms. The van der Waals surface area contributed by atoms with Crippen molar-refractivity contribution >= 4 is 0 Å². The zero-order valence-electron chi connectivity index (χ0n) is 11.7. The van der Waals surface area contributed by atoms with Gasteiger partial charge in [0, 0.05) is 13.6 Å². The first-order chi connectivity index (χ1) is 9.41. The van der Waals surface area contributed by atoms with Crippen molar-refractivity contribution in [2.75, 3.05) is 0 Å². The Bertz CT molecular complexity index is 625. The number of nitrogens with one attached hydrogen (secondary N) is 1. The smallest absolute Gasteiger partial charge is 0.330 e. The molecule has 3 rings (SSSR count). The first kappa shape index (κ1) is 11.4. The molecule has 4 atom stereocenters. The summed E-state index contributed by atoms with van der Waals surface area (Å²) in [5.74, 6) is -0.781. The Morgan fingerprint density at radius 2 is 2.11 bits per heavy atom. The van der Waals surface area contributed by atoms with E-state index >= 15 is 0 Å². The summed E-state index contributed by atoms with van der Waals surface area (Å²) in [6.45, 7) is 3.56. The Labute approximate surface area is 110 Å². The molecule has 0 saturated carbocycles. The summed E-state index contributed by atoms with van der Waals surface area (Å²) >= 11 is 0. The average Bonchev–Trinajstić information content (AvgIpc) is 2.83. The number of aromatic amines is 1. The number of hydrogen-bond acceptors (Lipinski definition) is 5. The highest BCUT2D eigenvalue weighted by Crippen LogP contribution is 2.42. The van der Waals surface area contributed by atoms with Crippen LogP contribution in [0.25, 0.3) is 0 Å². The first-order valence-corrected chi connectivity index (χ1v) is 6.03. The van der Waals surface area contributed by atoms with Crippen molar-refractivity contribution in [3.63, 3.8) is 0 Å². The Morgan fingerprint density at radius 1 is 1.37 bits per heavy atom. The molecule has 1 N–H and O–H groups in total. The number of H-pyrrole nitrogens is 1. The van der Waals surface area contributed by atoms with Crippen LogP contribution in [0, 0.1) is 0 Å². The zero-order chi connectivity index (χ0) is 14.5. The highest BCUT2D eigenvalue weighted by Gasteiger charge is 2.54. The lowest BCUT2D eigenvalue weighted by Gasteiger charge is -2.23. The molecule has 0 spiro atoms. The SMILES string of the molecule is [3H]C[C@H]1O[C@@H](n2ccc(=O)[nH]c2=O)C2OC(C)(C)O[C@H]21. The van der Waals surface area contributed by atoms with E-state index in [1.165, 1.54) is 16.8 Å². The van der Waals surface area contributed by atoms with Gasteiger partial charge in [-0.3, -0.25) is 14.3 Å². The highest BCUT2D eigenvalue weighted by molar-refractivity contribution is 4.97. The van der Waals surface area contributed by atoms with Gasteiger partial charge >= 0.3 is 5.69 Å². The van der Waals surface area contributed by atoms with Gasteiger partial charge in [0.1, 0.15) is 12.2 Å². The Hall–Kier alpha value is -1.44. The van der Waals surface area contributed by atoms with E-state index in [1.54, 1.807) is 13.8 Å². The molecular weight excluding hydrogens is 252 g/mol. The van der Waals surface area contributed by atoms with Crippen LogP contribution in [0.5, 0.6) is 0 Å². The molecule has 104 valence electrons. The number of rotatable bonds is 1. The Balaban J connectivity index is 1.98. The van der Waals surface area contributed by atoms with Crippen molar-refractivity contribution in [2.24, 2.45) is 0 Å². The third-order valence-electron chi connectivity index (χ3n) is 3.25. The number of ether oxygens (including phenoxy) is 3. The van der Waals surface area contributed by atoms with Crippen LogP contribution in [0.1, 0.15) is 28.3 Å². The monoisotopic (exact) mass is 270 g/mol. The van der Waals surface area contributed by atoms with Crippen LogP contribution in [-0.2, 0) is 14.2 Å². The molecule has 2 saturated heterocycles. The van der Waals surface area contributed by atoms with Crippen molar-refractivity contribution in [1.29, 1.82) is 0 Å². The molecule has 7 heteroatoms. The number of aromatic nitrogens is 2. The second-order valence-electron chi connectivity index (χ2n) is 5.15. The third kappa shape index (κ3) is 2.03. The molecule has 0 amide bonds. The van der Waals surface area contributed by atoms with Crippen LogP contribution < -0.4 is 11.2 Å². The molecule has 0 bridgehead atoms. The van der Waals surface area contributed by atoms with Crippen molar-refractivity contribution in [3.05, 3.63) is 33.1 Å². The molecule has 1 aromatic rings. The standard InChI is InChI=1S/C12H16N2O5/c1-6-8-9(19-12(2,3)18-8)10(17-6)14-5-4-7(15)13-11(14)16/h4-6,8-10H,1-3H3,(H,13,15,16)/t6-,8+,9?,10-/m1/s1/i1T. The highest BCUT2D eigenvalue weighted by atomic mass is 16.8. The first-order valence-electron chi connectivity index (χ1n) is 6.74. The summed E-state index contributed by atoms with van der Waals surface area (Å²) in [4.78, 5) is 25.1. The molecule has 2 fully saturated rings. The number of fused-ring (bicyclic) bond motifs is 1. The van der Waals surface area contributed by atoms with Gasteiger partial charge < -0.3 is 14.2 Å². The van der Waals surface area contributed by atoms with E-state index < -0.39 is 41.6 Å². The van der Waals surface area contributed by atoms with Gasteiger partial charge in [-0.2, -0.15) is 0 Å². The summed E-state index contributed by atoms with van der Waals surface area (Å²) in [6, 6.07) is 1.24. The Morgan fingerprint density at radius 3 is 2.79 bits per heavy atom. The van der Waals surface area contributed by atoms with E-state index in [4.69, 9.17) is 15.6 Å². The van der Waals surface area contributed by atoms with Gasteiger partial charge in [-0.25, -0.2) is 4.79 Å². The minimum Gasteiger partial charge on any atom is -0.349 e. The van der Waals surface area contributed by atoms with Gasteiger partial charge in [-0.05, 0) is 20.7 Å². The van der Waals surface area contributed by atoms with E-state index in [-0.39, 0.29) is 6.90 Å². The summed E-state index contributed by atoms with van der Waals surface area (Å²) < 4.78 is 26.0. The van der Waals surface area contributed by atoms with Gasteiger partial charge in [-0.1, -0.05) is 0 Å². The van der Waals surface area contributed by atoms with E-state index in [2.05, 4.69) is 4.98 Å². The van der Waals surface area contributed by atoms with Crippen LogP contribution in [0.4, 0.5) is 0 Å². The molecule has 0 aliphatic carbocycles. The van der Waals surface area contributed by atoms with E-state index in [0.29, 0.717) is 0 Å². The van der Waals surface area contributed by atoms with Crippen molar-refractivity contribution in [2.45, 2.75) is 51.1 Å². The topological polar surface area (TPSA) is 82.6 Å².